The zero-order chi connectivity index (χ0) is 21.4. The van der Waals surface area contributed by atoms with Crippen molar-refractivity contribution in [3.05, 3.63) is 35.6 Å². The third-order valence-corrected chi connectivity index (χ3v) is 8.30. The highest BCUT2D eigenvalue weighted by Gasteiger charge is 2.59. The Morgan fingerprint density at radius 2 is 2.10 bits per heavy atom. The summed E-state index contributed by atoms with van der Waals surface area (Å²) in [4.78, 5) is 24.4. The van der Waals surface area contributed by atoms with Crippen LogP contribution in [0.1, 0.15) is 73.1 Å². The van der Waals surface area contributed by atoms with Gasteiger partial charge in [0.25, 0.3) is 0 Å². The van der Waals surface area contributed by atoms with E-state index in [-0.39, 0.29) is 29.1 Å². The normalized spacial score (nSPS) is 40.0. The molecule has 0 amide bonds. The summed E-state index contributed by atoms with van der Waals surface area (Å²) >= 11 is 0. The second kappa shape index (κ2) is 8.24. The highest BCUT2D eigenvalue weighted by molar-refractivity contribution is 5.84. The van der Waals surface area contributed by atoms with Crippen LogP contribution < -0.4 is 0 Å². The molecule has 6 atom stereocenters. The van der Waals surface area contributed by atoms with Crippen molar-refractivity contribution in [2.24, 2.45) is 34.5 Å². The third kappa shape index (κ3) is 3.66. The van der Waals surface area contributed by atoms with Gasteiger partial charge in [-0.15, -0.1) is 0 Å². The zero-order valence-corrected chi connectivity index (χ0v) is 18.9. The Balaban J connectivity index is 1.95. The lowest BCUT2D eigenvalue weighted by Gasteiger charge is -2.52. The van der Waals surface area contributed by atoms with Crippen molar-refractivity contribution in [1.82, 2.24) is 0 Å². The van der Waals surface area contributed by atoms with Crippen LogP contribution in [0, 0.1) is 34.5 Å². The number of allylic oxidation sites excluding steroid dienone is 5. The molecule has 3 rings (SSSR count). The van der Waals surface area contributed by atoms with Gasteiger partial charge in [0.2, 0.25) is 0 Å². The molecule has 2 fully saturated rings. The number of hydrogen-bond donors (Lipinski definition) is 0. The summed E-state index contributed by atoms with van der Waals surface area (Å²) in [5.41, 5.74) is 2.84. The molecular weight excluding hydrogens is 360 g/mol. The number of rotatable bonds is 7. The molecule has 3 aliphatic carbocycles. The predicted octanol–water partition coefficient (Wildman–Crippen LogP) is 6.06. The smallest absolute Gasteiger partial charge is 0.174 e. The molecule has 3 heteroatoms. The fourth-order valence-electron chi connectivity index (χ4n) is 7.17. The molecular formula is C26H38O3. The van der Waals surface area contributed by atoms with Gasteiger partial charge in [-0.05, 0) is 68.3 Å². The summed E-state index contributed by atoms with van der Waals surface area (Å²) in [6.07, 6.45) is 11.6. The molecule has 3 nitrogen and oxygen atoms in total. The second-order valence-electron chi connectivity index (χ2n) is 10.2. The first-order valence-corrected chi connectivity index (χ1v) is 11.3. The summed E-state index contributed by atoms with van der Waals surface area (Å²) in [6, 6.07) is 0. The quantitative estimate of drug-likeness (QED) is 0.227. The summed E-state index contributed by atoms with van der Waals surface area (Å²) < 4.78 is 5.50. The average Bonchev–Trinajstić information content (AvgIpc) is 2.93. The van der Waals surface area contributed by atoms with Gasteiger partial charge in [-0.1, -0.05) is 57.9 Å². The highest BCUT2D eigenvalue weighted by atomic mass is 16.5. The van der Waals surface area contributed by atoms with Gasteiger partial charge in [0.1, 0.15) is 12.9 Å². The van der Waals surface area contributed by atoms with Gasteiger partial charge >= 0.3 is 0 Å². The lowest BCUT2D eigenvalue weighted by Crippen LogP contribution is -2.45. The predicted molar refractivity (Wildman–Crippen MR) is 117 cm³/mol. The molecule has 29 heavy (non-hydrogen) atoms. The minimum atomic E-state index is -0.00565. The highest BCUT2D eigenvalue weighted by Crippen LogP contribution is 2.65. The molecule has 0 radical (unpaired) electrons. The molecule has 2 saturated carbocycles. The fourth-order valence-corrected chi connectivity index (χ4v) is 7.17. The van der Waals surface area contributed by atoms with E-state index in [2.05, 4.69) is 40.3 Å². The molecule has 0 aromatic heterocycles. The average molecular weight is 399 g/mol. The van der Waals surface area contributed by atoms with Gasteiger partial charge in [0.15, 0.2) is 5.78 Å². The zero-order valence-electron chi connectivity index (χ0n) is 18.9. The Morgan fingerprint density at radius 1 is 1.38 bits per heavy atom. The van der Waals surface area contributed by atoms with Crippen molar-refractivity contribution in [3.63, 3.8) is 0 Å². The summed E-state index contributed by atoms with van der Waals surface area (Å²) in [7, 11) is 0. The van der Waals surface area contributed by atoms with E-state index in [1.54, 1.807) is 12.5 Å². The van der Waals surface area contributed by atoms with Crippen molar-refractivity contribution >= 4 is 12.1 Å². The van der Waals surface area contributed by atoms with Crippen LogP contribution in [-0.4, -0.2) is 18.7 Å². The molecule has 0 bridgehead atoms. The summed E-state index contributed by atoms with van der Waals surface area (Å²) in [5.74, 6) is 2.32. The summed E-state index contributed by atoms with van der Waals surface area (Å²) in [5, 5.41) is 0. The molecule has 0 aliphatic heterocycles. The van der Waals surface area contributed by atoms with Crippen LogP contribution in [0.5, 0.6) is 0 Å². The Hall–Kier alpha value is -1.64. The van der Waals surface area contributed by atoms with E-state index in [0.717, 1.165) is 44.8 Å². The van der Waals surface area contributed by atoms with Gasteiger partial charge < -0.3 is 4.74 Å². The number of carbonyl (C=O) groups is 2. The van der Waals surface area contributed by atoms with Gasteiger partial charge in [-0.2, -0.15) is 0 Å². The monoisotopic (exact) mass is 398 g/mol. The molecule has 3 aliphatic rings. The van der Waals surface area contributed by atoms with E-state index in [1.807, 2.05) is 6.08 Å². The number of ketones is 1. The second-order valence-corrected chi connectivity index (χ2v) is 10.2. The van der Waals surface area contributed by atoms with Crippen LogP contribution in [0.4, 0.5) is 0 Å². The number of hydrogen-bond acceptors (Lipinski definition) is 3. The van der Waals surface area contributed by atoms with Crippen molar-refractivity contribution in [3.8, 4) is 0 Å². The topological polar surface area (TPSA) is 43.4 Å². The minimum Gasteiger partial charge on any atom is -0.491 e. The molecule has 0 saturated heterocycles. The van der Waals surface area contributed by atoms with E-state index in [0.29, 0.717) is 23.5 Å². The first-order chi connectivity index (χ1) is 13.7. The van der Waals surface area contributed by atoms with Crippen LogP contribution in [0.2, 0.25) is 0 Å². The Kier molecular flexibility index (Phi) is 6.27. The molecule has 6 unspecified atom stereocenters. The van der Waals surface area contributed by atoms with Crippen molar-refractivity contribution in [2.45, 2.75) is 73.1 Å². The third-order valence-electron chi connectivity index (χ3n) is 8.30. The van der Waals surface area contributed by atoms with Crippen LogP contribution in [-0.2, 0) is 14.3 Å². The van der Waals surface area contributed by atoms with Gasteiger partial charge in [0, 0.05) is 11.3 Å². The number of ether oxygens (including phenoxy) is 1. The maximum absolute atomic E-state index is 13.1. The Labute approximate surface area is 176 Å². The van der Waals surface area contributed by atoms with Crippen molar-refractivity contribution in [2.75, 3.05) is 6.61 Å². The number of fused-ring (bicyclic) bond motifs is 3. The number of aldehydes is 1. The SMILES string of the molecule is C=C(C)OCC(=O)C1C(C)CC2C3CC/C(=C/C=O)C(C)(CCC)C3=CCC21C. The van der Waals surface area contributed by atoms with Crippen LogP contribution in [0.3, 0.4) is 0 Å². The first kappa shape index (κ1) is 22.1. The largest absolute Gasteiger partial charge is 0.491 e. The lowest BCUT2D eigenvalue weighted by atomic mass is 9.52. The Bertz CT molecular complexity index is 745. The van der Waals surface area contributed by atoms with Gasteiger partial charge in [0.05, 0.1) is 5.76 Å². The molecule has 0 aromatic rings. The fraction of sp³-hybridized carbons (Fsp3) is 0.692. The molecule has 0 spiro atoms. The first-order valence-electron chi connectivity index (χ1n) is 11.3. The van der Waals surface area contributed by atoms with Crippen molar-refractivity contribution < 1.29 is 14.3 Å². The minimum absolute atomic E-state index is 0.00209. The molecule has 160 valence electrons. The summed E-state index contributed by atoms with van der Waals surface area (Å²) in [6.45, 7) is 14.9. The van der Waals surface area contributed by atoms with E-state index in [4.69, 9.17) is 4.74 Å². The van der Waals surface area contributed by atoms with Crippen LogP contribution >= 0.6 is 0 Å². The Morgan fingerprint density at radius 3 is 2.72 bits per heavy atom. The van der Waals surface area contributed by atoms with Gasteiger partial charge in [-0.25, -0.2) is 0 Å². The van der Waals surface area contributed by atoms with E-state index >= 15 is 0 Å². The molecule has 0 heterocycles. The van der Waals surface area contributed by atoms with E-state index in [9.17, 15) is 9.59 Å². The molecule has 0 N–H and O–H groups in total. The van der Waals surface area contributed by atoms with E-state index < -0.39 is 0 Å². The van der Waals surface area contributed by atoms with Crippen LogP contribution in [0.25, 0.3) is 0 Å². The number of Topliss-reactive ketones (excluding diaryl/α,β-unsaturated/α-hetero) is 1. The molecule has 0 aromatic carbocycles. The standard InChI is InChI=1S/C26H38O3/c1-7-12-25(5)19(11-14-27)8-9-20-21(25)10-13-26(6)22(20)15-18(4)24(26)23(28)16-29-17(2)3/h10-11,14,18,20,22,24H,2,7-9,12-13,15-16H2,1,3-6H3/b19-11-. The van der Waals surface area contributed by atoms with E-state index in [1.165, 1.54) is 5.57 Å². The van der Waals surface area contributed by atoms with Crippen molar-refractivity contribution in [1.29, 1.82) is 0 Å². The van der Waals surface area contributed by atoms with Gasteiger partial charge in [-0.3, -0.25) is 9.59 Å². The maximum atomic E-state index is 13.1. The number of carbonyl (C=O) groups excluding carboxylic acids is 2. The van der Waals surface area contributed by atoms with Crippen LogP contribution in [0.15, 0.2) is 35.6 Å². The maximum Gasteiger partial charge on any atom is 0.174 e. The lowest BCUT2D eigenvalue weighted by molar-refractivity contribution is -0.131.